The summed E-state index contributed by atoms with van der Waals surface area (Å²) in [6.07, 6.45) is 1.21. The average Bonchev–Trinajstić information content (AvgIpc) is 3.16. The molecule has 0 aliphatic rings. The third-order valence-corrected chi connectivity index (χ3v) is 3.72. The Morgan fingerprint density at radius 2 is 1.65 bits per heavy atom. The number of fused-ring (bicyclic) bond motifs is 1. The van der Waals surface area contributed by atoms with Gasteiger partial charge < -0.3 is 10.2 Å². The molecule has 0 atom stereocenters. The van der Waals surface area contributed by atoms with Crippen LogP contribution in [0.5, 0.6) is 0 Å². The van der Waals surface area contributed by atoms with E-state index in [4.69, 9.17) is 10.2 Å². The van der Waals surface area contributed by atoms with Gasteiger partial charge in [0.15, 0.2) is 5.82 Å². The molecule has 3 N–H and O–H groups in total. The second kappa shape index (κ2) is 5.57. The maximum absolute atomic E-state index is 5.83. The molecule has 0 fully saturated rings. The van der Waals surface area contributed by atoms with E-state index in [1.54, 1.807) is 0 Å². The van der Waals surface area contributed by atoms with Gasteiger partial charge in [-0.05, 0) is 23.3 Å². The molecule has 0 aliphatic carbocycles. The van der Waals surface area contributed by atoms with Crippen LogP contribution in [0, 0.1) is 0 Å². The molecular formula is C17H15N5O. The fraction of sp³-hybridized carbons (Fsp3) is 0.118. The smallest absolute Gasteiger partial charge is 0.220 e. The molecule has 2 aromatic heterocycles. The first kappa shape index (κ1) is 13.5. The van der Waals surface area contributed by atoms with Crippen molar-refractivity contribution in [3.8, 4) is 0 Å². The minimum Gasteiger partial charge on any atom is -0.425 e. The van der Waals surface area contributed by atoms with Crippen LogP contribution in [-0.4, -0.2) is 20.4 Å². The number of anilines is 1. The molecule has 0 bridgehead atoms. The molecule has 0 unspecified atom stereocenters. The lowest BCUT2D eigenvalue weighted by Crippen LogP contribution is -1.89. The Morgan fingerprint density at radius 1 is 0.913 bits per heavy atom. The summed E-state index contributed by atoms with van der Waals surface area (Å²) in [4.78, 5) is 0. The first-order chi connectivity index (χ1) is 11.3. The lowest BCUT2D eigenvalue weighted by atomic mass is 10.1. The lowest BCUT2D eigenvalue weighted by molar-refractivity contribution is 0.466. The Kier molecular flexibility index (Phi) is 3.27. The van der Waals surface area contributed by atoms with E-state index in [9.17, 15) is 0 Å². The van der Waals surface area contributed by atoms with Crippen molar-refractivity contribution >= 4 is 16.7 Å². The van der Waals surface area contributed by atoms with E-state index < -0.39 is 0 Å². The van der Waals surface area contributed by atoms with Crippen molar-refractivity contribution in [2.24, 2.45) is 0 Å². The van der Waals surface area contributed by atoms with Crippen LogP contribution in [0.15, 0.2) is 52.9 Å². The van der Waals surface area contributed by atoms with Gasteiger partial charge in [0.2, 0.25) is 11.8 Å². The number of nitrogen functional groups attached to an aromatic ring is 1. The second-order valence-electron chi connectivity index (χ2n) is 5.42. The summed E-state index contributed by atoms with van der Waals surface area (Å²) in [5, 5.41) is 16.0. The fourth-order valence-corrected chi connectivity index (χ4v) is 2.57. The largest absolute Gasteiger partial charge is 0.425 e. The van der Waals surface area contributed by atoms with Crippen molar-refractivity contribution in [2.75, 3.05) is 5.73 Å². The van der Waals surface area contributed by atoms with E-state index in [0.717, 1.165) is 22.0 Å². The van der Waals surface area contributed by atoms with Gasteiger partial charge in [-0.15, -0.1) is 10.2 Å². The topological polar surface area (TPSA) is 93.6 Å². The third-order valence-electron chi connectivity index (χ3n) is 3.72. The summed E-state index contributed by atoms with van der Waals surface area (Å²) in [7, 11) is 0. The van der Waals surface area contributed by atoms with Crippen LogP contribution in [-0.2, 0) is 12.8 Å². The Hall–Kier alpha value is -3.15. The van der Waals surface area contributed by atoms with Gasteiger partial charge in [0.1, 0.15) is 0 Å². The van der Waals surface area contributed by atoms with Crippen LogP contribution < -0.4 is 5.73 Å². The molecule has 0 aliphatic heterocycles. The summed E-state index contributed by atoms with van der Waals surface area (Å²) in [6.45, 7) is 0. The first-order valence-electron chi connectivity index (χ1n) is 7.35. The maximum atomic E-state index is 5.83. The van der Waals surface area contributed by atoms with Crippen molar-refractivity contribution in [3.05, 3.63) is 71.4 Å². The van der Waals surface area contributed by atoms with Crippen molar-refractivity contribution in [1.29, 1.82) is 0 Å². The Bertz CT molecular complexity index is 942. The van der Waals surface area contributed by atoms with Crippen molar-refractivity contribution in [3.63, 3.8) is 0 Å². The zero-order valence-corrected chi connectivity index (χ0v) is 12.4. The van der Waals surface area contributed by atoms with Crippen LogP contribution in [0.2, 0.25) is 0 Å². The summed E-state index contributed by atoms with van der Waals surface area (Å²) >= 11 is 0. The molecule has 6 heteroatoms. The molecule has 2 aromatic carbocycles. The number of aromatic nitrogens is 4. The van der Waals surface area contributed by atoms with Crippen LogP contribution >= 0.6 is 0 Å². The molecule has 6 nitrogen and oxygen atoms in total. The number of nitrogens with zero attached hydrogens (tertiary/aromatic N) is 3. The number of nitrogens with two attached hydrogens (primary N) is 1. The molecule has 0 saturated heterocycles. The number of H-pyrrole nitrogens is 1. The molecule has 0 amide bonds. The highest BCUT2D eigenvalue weighted by Gasteiger charge is 2.09. The molecule has 23 heavy (non-hydrogen) atoms. The van der Waals surface area contributed by atoms with Crippen molar-refractivity contribution in [2.45, 2.75) is 12.8 Å². The highest BCUT2D eigenvalue weighted by Crippen LogP contribution is 2.21. The third kappa shape index (κ3) is 2.78. The molecule has 0 spiro atoms. The first-order valence-corrected chi connectivity index (χ1v) is 7.35. The Labute approximate surface area is 132 Å². The fourth-order valence-electron chi connectivity index (χ4n) is 2.57. The molecule has 114 valence electrons. The van der Waals surface area contributed by atoms with Crippen molar-refractivity contribution in [1.82, 2.24) is 20.4 Å². The van der Waals surface area contributed by atoms with E-state index in [1.165, 1.54) is 0 Å². The van der Waals surface area contributed by atoms with E-state index in [1.807, 2.05) is 48.5 Å². The molecule has 4 rings (SSSR count). The van der Waals surface area contributed by atoms with Crippen LogP contribution in [0.4, 0.5) is 5.82 Å². The number of benzene rings is 2. The summed E-state index contributed by atoms with van der Waals surface area (Å²) < 4.78 is 5.74. The minimum atomic E-state index is 0.497. The highest BCUT2D eigenvalue weighted by molar-refractivity contribution is 5.89. The average molecular weight is 305 g/mol. The van der Waals surface area contributed by atoms with Crippen molar-refractivity contribution < 1.29 is 4.42 Å². The number of nitrogens with one attached hydrogen (secondary N) is 1. The van der Waals surface area contributed by atoms with Gasteiger partial charge in [0.25, 0.3) is 0 Å². The maximum Gasteiger partial charge on any atom is 0.220 e. The van der Waals surface area contributed by atoms with Gasteiger partial charge >= 0.3 is 0 Å². The molecule has 0 radical (unpaired) electrons. The van der Waals surface area contributed by atoms with Crippen LogP contribution in [0.25, 0.3) is 10.9 Å². The van der Waals surface area contributed by atoms with E-state index in [0.29, 0.717) is 30.4 Å². The summed E-state index contributed by atoms with van der Waals surface area (Å²) in [5.74, 6) is 1.71. The Balaban J connectivity index is 1.53. The van der Waals surface area contributed by atoms with Gasteiger partial charge in [-0.25, -0.2) is 0 Å². The normalized spacial score (nSPS) is 11.1. The van der Waals surface area contributed by atoms with Gasteiger partial charge in [0, 0.05) is 5.39 Å². The zero-order valence-electron chi connectivity index (χ0n) is 12.4. The lowest BCUT2D eigenvalue weighted by Gasteiger charge is -1.98. The molecule has 4 aromatic rings. The quantitative estimate of drug-likeness (QED) is 0.604. The molecular weight excluding hydrogens is 290 g/mol. The predicted molar refractivity (Wildman–Crippen MR) is 86.9 cm³/mol. The molecule has 0 saturated carbocycles. The highest BCUT2D eigenvalue weighted by atomic mass is 16.4. The zero-order chi connectivity index (χ0) is 15.6. The van der Waals surface area contributed by atoms with Gasteiger partial charge in [0.05, 0.1) is 18.4 Å². The van der Waals surface area contributed by atoms with Gasteiger partial charge in [-0.3, -0.25) is 5.10 Å². The van der Waals surface area contributed by atoms with Crippen LogP contribution in [0.1, 0.15) is 22.9 Å². The van der Waals surface area contributed by atoms with E-state index >= 15 is 0 Å². The molecule has 2 heterocycles. The monoisotopic (exact) mass is 305 g/mol. The number of hydrogen-bond donors (Lipinski definition) is 2. The standard InChI is InChI=1S/C17H15N5O/c18-17-13-8-12(6-7-14(13)19-22-17)10-16-21-20-15(23-16)9-11-4-2-1-3-5-11/h1-8H,9-10H2,(H3,18,19,22). The number of hydrogen-bond acceptors (Lipinski definition) is 5. The van der Waals surface area contributed by atoms with E-state index in [-0.39, 0.29) is 0 Å². The van der Waals surface area contributed by atoms with Crippen LogP contribution in [0.3, 0.4) is 0 Å². The van der Waals surface area contributed by atoms with Gasteiger partial charge in [-0.1, -0.05) is 36.4 Å². The predicted octanol–water partition coefficient (Wildman–Crippen LogP) is 2.71. The van der Waals surface area contributed by atoms with Gasteiger partial charge in [-0.2, -0.15) is 5.10 Å². The summed E-state index contributed by atoms with van der Waals surface area (Å²) in [5.41, 5.74) is 8.96. The second-order valence-corrected chi connectivity index (χ2v) is 5.42. The number of rotatable bonds is 4. The number of aromatic amines is 1. The minimum absolute atomic E-state index is 0.497. The van der Waals surface area contributed by atoms with E-state index in [2.05, 4.69) is 20.4 Å². The summed E-state index contributed by atoms with van der Waals surface area (Å²) in [6, 6.07) is 16.0. The SMILES string of the molecule is Nc1n[nH]c2ccc(Cc3nnc(Cc4ccccc4)o3)cc12. The Morgan fingerprint density at radius 3 is 2.43 bits per heavy atom.